The zero-order chi connectivity index (χ0) is 17.6. The van der Waals surface area contributed by atoms with Crippen LogP contribution < -0.4 is 5.32 Å². The molecule has 2 heterocycles. The zero-order valence-electron chi connectivity index (χ0n) is 14.2. The van der Waals surface area contributed by atoms with Gasteiger partial charge in [0.05, 0.1) is 12.2 Å². The predicted octanol–water partition coefficient (Wildman–Crippen LogP) is 3.82. The lowest BCUT2D eigenvalue weighted by atomic mass is 9.96. The summed E-state index contributed by atoms with van der Waals surface area (Å²) in [4.78, 5) is 20.5. The van der Waals surface area contributed by atoms with Crippen LogP contribution in [0.5, 0.6) is 0 Å². The Morgan fingerprint density at radius 1 is 1.40 bits per heavy atom. The quantitative estimate of drug-likeness (QED) is 0.641. The standard InChI is InChI=1S/C19H21N3OS2/c1-3-10-22-11-8-15(9-12-22)18(23)21-19-20-17(13-25-19)14-4-6-16(24-2)7-5-14/h1,4-7,13,15H,8-12H2,2H3,(H,20,21,23). The summed E-state index contributed by atoms with van der Waals surface area (Å²) in [5.41, 5.74) is 1.97. The highest BCUT2D eigenvalue weighted by molar-refractivity contribution is 7.98. The Morgan fingerprint density at radius 2 is 2.12 bits per heavy atom. The highest BCUT2D eigenvalue weighted by atomic mass is 32.2. The molecular formula is C19H21N3OS2. The summed E-state index contributed by atoms with van der Waals surface area (Å²) in [5.74, 6) is 2.77. The van der Waals surface area contributed by atoms with Crippen LogP contribution in [-0.4, -0.2) is 41.7 Å². The van der Waals surface area contributed by atoms with Gasteiger partial charge in [0.2, 0.25) is 5.91 Å². The van der Waals surface area contributed by atoms with Crippen molar-refractivity contribution >= 4 is 34.1 Å². The molecule has 130 valence electrons. The molecule has 0 unspecified atom stereocenters. The van der Waals surface area contributed by atoms with E-state index < -0.39 is 0 Å². The van der Waals surface area contributed by atoms with E-state index in [2.05, 4.69) is 51.6 Å². The minimum Gasteiger partial charge on any atom is -0.302 e. The van der Waals surface area contributed by atoms with E-state index in [0.29, 0.717) is 11.7 Å². The van der Waals surface area contributed by atoms with Gasteiger partial charge in [0, 0.05) is 21.8 Å². The monoisotopic (exact) mass is 371 g/mol. The Bertz CT molecular complexity index is 756. The first-order valence-corrected chi connectivity index (χ1v) is 10.4. The Morgan fingerprint density at radius 3 is 2.76 bits per heavy atom. The molecule has 1 aliphatic rings. The lowest BCUT2D eigenvalue weighted by Crippen LogP contribution is -2.38. The smallest absolute Gasteiger partial charge is 0.229 e. The second-order valence-electron chi connectivity index (χ2n) is 6.01. The summed E-state index contributed by atoms with van der Waals surface area (Å²) in [6, 6.07) is 8.30. The lowest BCUT2D eigenvalue weighted by molar-refractivity contribution is -0.121. The van der Waals surface area contributed by atoms with Gasteiger partial charge in [0.1, 0.15) is 0 Å². The van der Waals surface area contributed by atoms with Crippen molar-refractivity contribution < 1.29 is 4.79 Å². The number of thioether (sulfide) groups is 1. The normalized spacial score (nSPS) is 15.7. The Hall–Kier alpha value is -1.81. The van der Waals surface area contributed by atoms with Crippen molar-refractivity contribution in [2.45, 2.75) is 17.7 Å². The van der Waals surface area contributed by atoms with Gasteiger partial charge in [-0.3, -0.25) is 9.69 Å². The molecule has 1 aromatic carbocycles. The molecule has 1 aromatic heterocycles. The fourth-order valence-electron chi connectivity index (χ4n) is 2.92. The summed E-state index contributed by atoms with van der Waals surface area (Å²) in [5, 5.41) is 5.63. The van der Waals surface area contributed by atoms with E-state index in [1.807, 2.05) is 5.38 Å². The number of thiazole rings is 1. The summed E-state index contributed by atoms with van der Waals surface area (Å²) < 4.78 is 0. The summed E-state index contributed by atoms with van der Waals surface area (Å²) >= 11 is 3.19. The van der Waals surface area contributed by atoms with Crippen LogP contribution in [-0.2, 0) is 4.79 Å². The highest BCUT2D eigenvalue weighted by Gasteiger charge is 2.25. The predicted molar refractivity (Wildman–Crippen MR) is 106 cm³/mol. The molecule has 1 N–H and O–H groups in total. The van der Waals surface area contributed by atoms with E-state index in [1.165, 1.54) is 16.2 Å². The van der Waals surface area contributed by atoms with Crippen molar-refractivity contribution in [3.05, 3.63) is 29.6 Å². The molecule has 25 heavy (non-hydrogen) atoms. The van der Waals surface area contributed by atoms with Gasteiger partial charge in [-0.15, -0.1) is 29.5 Å². The van der Waals surface area contributed by atoms with Crippen LogP contribution in [0.3, 0.4) is 0 Å². The maximum Gasteiger partial charge on any atom is 0.229 e. The molecule has 1 fully saturated rings. The summed E-state index contributed by atoms with van der Waals surface area (Å²) in [6.07, 6.45) is 9.10. The minimum atomic E-state index is 0.0437. The van der Waals surface area contributed by atoms with E-state index in [9.17, 15) is 4.79 Å². The third-order valence-corrected chi connectivity index (χ3v) is 5.89. The maximum absolute atomic E-state index is 12.5. The Labute approximate surface area is 157 Å². The number of aromatic nitrogens is 1. The average molecular weight is 372 g/mol. The van der Waals surface area contributed by atoms with E-state index in [-0.39, 0.29) is 11.8 Å². The molecule has 0 saturated carbocycles. The number of amides is 1. The largest absolute Gasteiger partial charge is 0.302 e. The summed E-state index contributed by atoms with van der Waals surface area (Å²) in [6.45, 7) is 2.43. The van der Waals surface area contributed by atoms with E-state index >= 15 is 0 Å². The van der Waals surface area contributed by atoms with Gasteiger partial charge < -0.3 is 5.32 Å². The molecule has 2 aromatic rings. The number of likely N-dealkylation sites (tertiary alicyclic amines) is 1. The van der Waals surface area contributed by atoms with Gasteiger partial charge in [0.15, 0.2) is 5.13 Å². The number of hydrogen-bond donors (Lipinski definition) is 1. The van der Waals surface area contributed by atoms with Gasteiger partial charge in [-0.2, -0.15) is 0 Å². The van der Waals surface area contributed by atoms with Gasteiger partial charge in [0.25, 0.3) is 0 Å². The van der Waals surface area contributed by atoms with Gasteiger partial charge in [-0.05, 0) is 44.3 Å². The first kappa shape index (κ1) is 18.0. The highest BCUT2D eigenvalue weighted by Crippen LogP contribution is 2.27. The van der Waals surface area contributed by atoms with Crippen LogP contribution in [0.25, 0.3) is 11.3 Å². The van der Waals surface area contributed by atoms with Crippen molar-refractivity contribution in [3.63, 3.8) is 0 Å². The third-order valence-electron chi connectivity index (χ3n) is 4.39. The van der Waals surface area contributed by atoms with Gasteiger partial charge in [-0.25, -0.2) is 4.98 Å². The molecule has 0 bridgehead atoms. The lowest BCUT2D eigenvalue weighted by Gasteiger charge is -2.29. The SMILES string of the molecule is C#CCN1CCC(C(=O)Nc2nc(-c3ccc(SC)cc3)cs2)CC1. The van der Waals surface area contributed by atoms with Crippen LogP contribution in [0.2, 0.25) is 0 Å². The van der Waals surface area contributed by atoms with Crippen LogP contribution in [0.4, 0.5) is 5.13 Å². The first-order chi connectivity index (χ1) is 12.2. The molecule has 4 nitrogen and oxygen atoms in total. The van der Waals surface area contributed by atoms with Crippen LogP contribution >= 0.6 is 23.1 Å². The molecule has 3 rings (SSSR count). The second-order valence-corrected chi connectivity index (χ2v) is 7.75. The Kier molecular flexibility index (Phi) is 6.14. The molecule has 1 saturated heterocycles. The second kappa shape index (κ2) is 8.52. The fourth-order valence-corrected chi connectivity index (χ4v) is 4.05. The molecule has 0 aliphatic carbocycles. The number of hydrogen-bond acceptors (Lipinski definition) is 5. The molecule has 1 aliphatic heterocycles. The van der Waals surface area contributed by atoms with Gasteiger partial charge in [-0.1, -0.05) is 18.1 Å². The number of rotatable bonds is 5. The molecule has 0 spiro atoms. The van der Waals surface area contributed by atoms with E-state index in [1.54, 1.807) is 11.8 Å². The van der Waals surface area contributed by atoms with Crippen molar-refractivity contribution in [3.8, 4) is 23.6 Å². The Balaban J connectivity index is 1.58. The van der Waals surface area contributed by atoms with Crippen LogP contribution in [0.1, 0.15) is 12.8 Å². The third kappa shape index (κ3) is 4.63. The summed E-state index contributed by atoms with van der Waals surface area (Å²) in [7, 11) is 0. The molecule has 0 atom stereocenters. The molecular weight excluding hydrogens is 350 g/mol. The average Bonchev–Trinajstić information content (AvgIpc) is 3.11. The maximum atomic E-state index is 12.5. The number of carbonyl (C=O) groups excluding carboxylic acids is 1. The number of anilines is 1. The number of piperidine rings is 1. The molecule has 6 heteroatoms. The number of carbonyl (C=O) groups is 1. The van der Waals surface area contributed by atoms with E-state index in [4.69, 9.17) is 6.42 Å². The van der Waals surface area contributed by atoms with Crippen molar-refractivity contribution in [1.29, 1.82) is 0 Å². The molecule has 1 amide bonds. The van der Waals surface area contributed by atoms with Crippen LogP contribution in [0.15, 0.2) is 34.5 Å². The minimum absolute atomic E-state index is 0.0437. The van der Waals surface area contributed by atoms with Crippen molar-refractivity contribution in [2.24, 2.45) is 5.92 Å². The van der Waals surface area contributed by atoms with Crippen LogP contribution in [0, 0.1) is 18.3 Å². The number of nitrogens with zero attached hydrogens (tertiary/aromatic N) is 2. The topological polar surface area (TPSA) is 45.2 Å². The number of nitrogens with one attached hydrogen (secondary N) is 1. The van der Waals surface area contributed by atoms with Crippen molar-refractivity contribution in [1.82, 2.24) is 9.88 Å². The van der Waals surface area contributed by atoms with E-state index in [0.717, 1.165) is 37.2 Å². The molecule has 0 radical (unpaired) electrons. The fraction of sp³-hybridized carbons (Fsp3) is 0.368. The number of terminal acetylenes is 1. The zero-order valence-corrected chi connectivity index (χ0v) is 15.8. The number of benzene rings is 1. The van der Waals surface area contributed by atoms with Crippen molar-refractivity contribution in [2.75, 3.05) is 31.2 Å². The van der Waals surface area contributed by atoms with Gasteiger partial charge >= 0.3 is 0 Å². The first-order valence-electron chi connectivity index (χ1n) is 8.26.